The molecule has 1 unspecified atom stereocenters. The first kappa shape index (κ1) is 13.9. The summed E-state index contributed by atoms with van der Waals surface area (Å²) in [5.41, 5.74) is 11.2. The molecule has 2 nitrogen and oxygen atoms in total. The Kier molecular flexibility index (Phi) is 3.80. The third-order valence-corrected chi connectivity index (χ3v) is 4.00. The molecule has 0 saturated heterocycles. The zero-order valence-corrected chi connectivity index (χ0v) is 12.7. The van der Waals surface area contributed by atoms with Crippen LogP contribution in [0.1, 0.15) is 23.6 Å². The van der Waals surface area contributed by atoms with Crippen molar-refractivity contribution in [2.24, 2.45) is 5.73 Å². The number of benzene rings is 2. The molecule has 3 rings (SSSR count). The topological polar surface area (TPSA) is 30.9 Å². The number of hydrogen-bond donors (Lipinski definition) is 1. The molecule has 0 aliphatic carbocycles. The highest BCUT2D eigenvalue weighted by atomic mass is 14.9. The van der Waals surface area contributed by atoms with Gasteiger partial charge in [-0.3, -0.25) is 0 Å². The highest BCUT2D eigenvalue weighted by Gasteiger charge is 2.05. The van der Waals surface area contributed by atoms with Gasteiger partial charge in [0, 0.05) is 24.3 Å². The third-order valence-electron chi connectivity index (χ3n) is 4.00. The summed E-state index contributed by atoms with van der Waals surface area (Å²) in [5, 5.41) is 1.29. The maximum absolute atomic E-state index is 5.89. The van der Waals surface area contributed by atoms with Gasteiger partial charge in [0.25, 0.3) is 0 Å². The van der Waals surface area contributed by atoms with Gasteiger partial charge in [0.05, 0.1) is 0 Å². The summed E-state index contributed by atoms with van der Waals surface area (Å²) in [6, 6.07) is 17.6. The lowest BCUT2D eigenvalue weighted by Crippen LogP contribution is -2.17. The van der Waals surface area contributed by atoms with Crippen LogP contribution in [0.3, 0.4) is 0 Å². The van der Waals surface area contributed by atoms with Gasteiger partial charge in [-0.1, -0.05) is 30.3 Å². The highest BCUT2D eigenvalue weighted by molar-refractivity contribution is 5.81. The average Bonchev–Trinajstić information content (AvgIpc) is 2.83. The number of aromatic nitrogens is 1. The SMILES string of the molecule is Cc1ccccc1Cn1ccc2cc(CC(C)N)ccc21. The molecular weight excluding hydrogens is 256 g/mol. The van der Waals surface area contributed by atoms with E-state index in [1.807, 2.05) is 6.92 Å². The van der Waals surface area contributed by atoms with Crippen LogP contribution in [-0.4, -0.2) is 10.6 Å². The molecule has 0 bridgehead atoms. The summed E-state index contributed by atoms with van der Waals surface area (Å²) >= 11 is 0. The van der Waals surface area contributed by atoms with Crippen LogP contribution in [0.4, 0.5) is 0 Å². The van der Waals surface area contributed by atoms with E-state index in [4.69, 9.17) is 5.73 Å². The van der Waals surface area contributed by atoms with E-state index in [0.717, 1.165) is 13.0 Å². The van der Waals surface area contributed by atoms with Crippen LogP contribution in [0.25, 0.3) is 10.9 Å². The second-order valence-corrected chi connectivity index (χ2v) is 5.94. The Morgan fingerprint density at radius 3 is 2.67 bits per heavy atom. The Balaban J connectivity index is 1.92. The van der Waals surface area contributed by atoms with E-state index in [9.17, 15) is 0 Å². The van der Waals surface area contributed by atoms with Crippen molar-refractivity contribution in [3.8, 4) is 0 Å². The largest absolute Gasteiger partial charge is 0.343 e. The quantitative estimate of drug-likeness (QED) is 0.771. The fourth-order valence-corrected chi connectivity index (χ4v) is 2.86. The number of nitrogens with two attached hydrogens (primary N) is 1. The molecule has 2 aromatic carbocycles. The van der Waals surface area contributed by atoms with Gasteiger partial charge in [-0.2, -0.15) is 0 Å². The van der Waals surface area contributed by atoms with Crippen LogP contribution in [0.2, 0.25) is 0 Å². The van der Waals surface area contributed by atoms with Gasteiger partial charge in [0.2, 0.25) is 0 Å². The van der Waals surface area contributed by atoms with Crippen molar-refractivity contribution in [3.05, 3.63) is 71.4 Å². The molecule has 0 radical (unpaired) electrons. The fraction of sp³-hybridized carbons (Fsp3) is 0.263. The maximum atomic E-state index is 5.89. The molecule has 2 heteroatoms. The summed E-state index contributed by atoms with van der Waals surface area (Å²) in [4.78, 5) is 0. The molecular formula is C19H22N2. The molecule has 0 fully saturated rings. The second kappa shape index (κ2) is 5.74. The number of aryl methyl sites for hydroxylation is 1. The Morgan fingerprint density at radius 1 is 1.10 bits per heavy atom. The molecule has 0 spiro atoms. The van der Waals surface area contributed by atoms with Crippen molar-refractivity contribution in [1.82, 2.24) is 4.57 Å². The van der Waals surface area contributed by atoms with E-state index in [1.165, 1.54) is 27.6 Å². The van der Waals surface area contributed by atoms with Gasteiger partial charge in [0.15, 0.2) is 0 Å². The first-order valence-corrected chi connectivity index (χ1v) is 7.51. The van der Waals surface area contributed by atoms with Crippen LogP contribution in [0.15, 0.2) is 54.7 Å². The van der Waals surface area contributed by atoms with Gasteiger partial charge >= 0.3 is 0 Å². The summed E-state index contributed by atoms with van der Waals surface area (Å²) < 4.78 is 2.31. The number of hydrogen-bond acceptors (Lipinski definition) is 1. The molecule has 0 aliphatic heterocycles. The van der Waals surface area contributed by atoms with Gasteiger partial charge in [-0.05, 0) is 60.5 Å². The monoisotopic (exact) mass is 278 g/mol. The maximum Gasteiger partial charge on any atom is 0.0483 e. The van der Waals surface area contributed by atoms with E-state index in [0.29, 0.717) is 0 Å². The van der Waals surface area contributed by atoms with Crippen LogP contribution in [0, 0.1) is 6.92 Å². The summed E-state index contributed by atoms with van der Waals surface area (Å²) in [5.74, 6) is 0. The smallest absolute Gasteiger partial charge is 0.0483 e. The number of fused-ring (bicyclic) bond motifs is 1. The third kappa shape index (κ3) is 3.01. The minimum absolute atomic E-state index is 0.205. The predicted molar refractivity (Wildman–Crippen MR) is 89.6 cm³/mol. The van der Waals surface area contributed by atoms with E-state index in [-0.39, 0.29) is 6.04 Å². The zero-order valence-electron chi connectivity index (χ0n) is 12.7. The van der Waals surface area contributed by atoms with Crippen molar-refractivity contribution in [2.75, 3.05) is 0 Å². The second-order valence-electron chi connectivity index (χ2n) is 5.94. The molecule has 0 saturated carbocycles. The van der Waals surface area contributed by atoms with E-state index in [2.05, 4.69) is 66.2 Å². The first-order valence-electron chi connectivity index (χ1n) is 7.51. The van der Waals surface area contributed by atoms with Crippen molar-refractivity contribution in [2.45, 2.75) is 32.9 Å². The minimum atomic E-state index is 0.205. The van der Waals surface area contributed by atoms with E-state index >= 15 is 0 Å². The van der Waals surface area contributed by atoms with E-state index < -0.39 is 0 Å². The van der Waals surface area contributed by atoms with Crippen LogP contribution < -0.4 is 5.73 Å². The zero-order chi connectivity index (χ0) is 14.8. The fourth-order valence-electron chi connectivity index (χ4n) is 2.86. The molecule has 2 N–H and O–H groups in total. The van der Waals surface area contributed by atoms with Crippen LogP contribution in [0.5, 0.6) is 0 Å². The normalized spacial score (nSPS) is 12.7. The predicted octanol–water partition coefficient (Wildman–Crippen LogP) is 3.89. The lowest BCUT2D eigenvalue weighted by molar-refractivity contribution is 0.738. The lowest BCUT2D eigenvalue weighted by Gasteiger charge is -2.09. The lowest BCUT2D eigenvalue weighted by atomic mass is 10.1. The summed E-state index contributed by atoms with van der Waals surface area (Å²) in [7, 11) is 0. The first-order chi connectivity index (χ1) is 10.1. The molecule has 3 aromatic rings. The van der Waals surface area contributed by atoms with Crippen molar-refractivity contribution < 1.29 is 0 Å². The average molecular weight is 278 g/mol. The standard InChI is InChI=1S/C19H22N2/c1-14-5-3-4-6-18(14)13-21-10-9-17-12-16(11-15(2)20)7-8-19(17)21/h3-10,12,15H,11,13,20H2,1-2H3. The number of nitrogens with zero attached hydrogens (tertiary/aromatic N) is 1. The van der Waals surface area contributed by atoms with Crippen LogP contribution in [-0.2, 0) is 13.0 Å². The molecule has 1 atom stereocenters. The Hall–Kier alpha value is -2.06. The van der Waals surface area contributed by atoms with Crippen LogP contribution >= 0.6 is 0 Å². The van der Waals surface area contributed by atoms with Crippen molar-refractivity contribution in [1.29, 1.82) is 0 Å². The van der Waals surface area contributed by atoms with Gasteiger partial charge in [-0.15, -0.1) is 0 Å². The highest BCUT2D eigenvalue weighted by Crippen LogP contribution is 2.20. The molecule has 0 amide bonds. The summed E-state index contributed by atoms with van der Waals surface area (Å²) in [6.45, 7) is 5.14. The Labute approximate surface area is 126 Å². The van der Waals surface area contributed by atoms with Gasteiger partial charge in [-0.25, -0.2) is 0 Å². The minimum Gasteiger partial charge on any atom is -0.343 e. The molecule has 108 valence electrons. The Bertz CT molecular complexity index is 753. The molecule has 0 aliphatic rings. The molecule has 1 heterocycles. The Morgan fingerprint density at radius 2 is 1.90 bits per heavy atom. The summed E-state index contributed by atoms with van der Waals surface area (Å²) in [6.07, 6.45) is 3.10. The number of rotatable bonds is 4. The van der Waals surface area contributed by atoms with Gasteiger partial charge in [0.1, 0.15) is 0 Å². The molecule has 21 heavy (non-hydrogen) atoms. The molecule has 1 aromatic heterocycles. The van der Waals surface area contributed by atoms with Crippen molar-refractivity contribution >= 4 is 10.9 Å². The van der Waals surface area contributed by atoms with Gasteiger partial charge < -0.3 is 10.3 Å². The van der Waals surface area contributed by atoms with Crippen molar-refractivity contribution in [3.63, 3.8) is 0 Å². The van der Waals surface area contributed by atoms with E-state index in [1.54, 1.807) is 0 Å².